The summed E-state index contributed by atoms with van der Waals surface area (Å²) in [5.74, 6) is 7.47. The summed E-state index contributed by atoms with van der Waals surface area (Å²) >= 11 is 0. The number of hydrogen-bond acceptors (Lipinski definition) is 2. The largest absolute Gasteiger partial charge is 0.478 e. The van der Waals surface area contributed by atoms with Crippen molar-refractivity contribution in [2.75, 3.05) is 0 Å². The van der Waals surface area contributed by atoms with Gasteiger partial charge in [-0.25, -0.2) is 4.79 Å². The molecule has 2 fully saturated rings. The zero-order valence-electron chi connectivity index (χ0n) is 18.1. The van der Waals surface area contributed by atoms with Crippen LogP contribution in [0.2, 0.25) is 0 Å². The van der Waals surface area contributed by atoms with Gasteiger partial charge in [-0.2, -0.15) is 0 Å². The number of aliphatic hydroxyl groups is 1. The number of aryl methyl sites for hydroxylation is 1. The Bertz CT molecular complexity index is 1050. The number of aromatic carboxylic acids is 1. The van der Waals surface area contributed by atoms with E-state index in [1.165, 1.54) is 11.1 Å². The zero-order chi connectivity index (χ0) is 21.6. The molecule has 0 aromatic heterocycles. The molecule has 3 nitrogen and oxygen atoms in total. The zero-order valence-corrected chi connectivity index (χ0v) is 18.1. The predicted octanol–water partition coefficient (Wildman–Crippen LogP) is 5.27. The summed E-state index contributed by atoms with van der Waals surface area (Å²) in [4.78, 5) is 11.4. The van der Waals surface area contributed by atoms with Crippen molar-refractivity contribution < 1.29 is 15.0 Å². The molecule has 2 saturated carbocycles. The lowest BCUT2D eigenvalue weighted by molar-refractivity contribution is -0.00687. The average Bonchev–Trinajstić information content (AvgIpc) is 3.15. The minimum Gasteiger partial charge on any atom is -0.478 e. The molecule has 31 heavy (non-hydrogen) atoms. The summed E-state index contributed by atoms with van der Waals surface area (Å²) < 4.78 is 0. The van der Waals surface area contributed by atoms with E-state index in [1.807, 2.05) is 36.4 Å². The molecule has 3 heteroatoms. The van der Waals surface area contributed by atoms with Crippen LogP contribution in [0.4, 0.5) is 0 Å². The normalized spacial score (nSPS) is 32.1. The van der Waals surface area contributed by atoms with E-state index in [-0.39, 0.29) is 11.3 Å². The van der Waals surface area contributed by atoms with Crippen LogP contribution in [0.15, 0.2) is 48.5 Å². The van der Waals surface area contributed by atoms with Gasteiger partial charge in [-0.15, -0.1) is 0 Å². The number of carboxylic acids is 1. The number of aliphatic hydroxyl groups excluding tert-OH is 1. The molecule has 0 amide bonds. The molecule has 2 N–H and O–H groups in total. The van der Waals surface area contributed by atoms with Crippen molar-refractivity contribution in [2.24, 2.45) is 23.2 Å². The van der Waals surface area contributed by atoms with Crippen LogP contribution in [-0.2, 0) is 6.42 Å². The highest BCUT2D eigenvalue weighted by molar-refractivity contribution is 5.88. The maximum atomic E-state index is 11.4. The van der Waals surface area contributed by atoms with Crippen LogP contribution in [0, 0.1) is 35.0 Å². The van der Waals surface area contributed by atoms with Gasteiger partial charge in [-0.1, -0.05) is 43.0 Å². The van der Waals surface area contributed by atoms with Crippen LogP contribution in [0.5, 0.6) is 0 Å². The molecular formula is C28H30O3. The molecule has 6 atom stereocenters. The third-order valence-corrected chi connectivity index (χ3v) is 8.57. The van der Waals surface area contributed by atoms with Crippen LogP contribution in [0.1, 0.15) is 72.0 Å². The van der Waals surface area contributed by atoms with E-state index in [0.29, 0.717) is 23.3 Å². The van der Waals surface area contributed by atoms with Crippen molar-refractivity contribution >= 4 is 5.97 Å². The number of hydrogen-bond donors (Lipinski definition) is 2. The van der Waals surface area contributed by atoms with Gasteiger partial charge in [-0.05, 0) is 97.1 Å². The van der Waals surface area contributed by atoms with E-state index in [9.17, 15) is 15.0 Å². The Kier molecular flexibility index (Phi) is 5.15. The lowest BCUT2D eigenvalue weighted by atomic mass is 9.53. The number of carboxylic acid groups (broad SMARTS) is 1. The molecule has 0 spiro atoms. The summed E-state index contributed by atoms with van der Waals surface area (Å²) in [6.07, 6.45) is 5.93. The molecule has 5 rings (SSSR count). The van der Waals surface area contributed by atoms with Gasteiger partial charge >= 0.3 is 5.97 Å². The second-order valence-electron chi connectivity index (χ2n) is 9.94. The fraction of sp³-hybridized carbons (Fsp3) is 0.464. The summed E-state index contributed by atoms with van der Waals surface area (Å²) in [7, 11) is 0. The molecule has 0 radical (unpaired) electrons. The van der Waals surface area contributed by atoms with Gasteiger partial charge in [0.05, 0.1) is 5.56 Å². The van der Waals surface area contributed by atoms with Crippen LogP contribution in [0.25, 0.3) is 0 Å². The van der Waals surface area contributed by atoms with E-state index < -0.39 is 12.1 Å². The lowest BCUT2D eigenvalue weighted by Gasteiger charge is -2.51. The second kappa shape index (κ2) is 7.84. The first-order chi connectivity index (χ1) is 15.0. The Morgan fingerprint density at radius 1 is 1.10 bits per heavy atom. The number of benzene rings is 2. The first-order valence-corrected chi connectivity index (χ1v) is 11.6. The molecule has 0 unspecified atom stereocenters. The van der Waals surface area contributed by atoms with Crippen LogP contribution >= 0.6 is 0 Å². The highest BCUT2D eigenvalue weighted by atomic mass is 16.4. The van der Waals surface area contributed by atoms with E-state index in [4.69, 9.17) is 0 Å². The Morgan fingerprint density at radius 3 is 2.68 bits per heavy atom. The van der Waals surface area contributed by atoms with E-state index >= 15 is 0 Å². The van der Waals surface area contributed by atoms with Crippen molar-refractivity contribution in [3.63, 3.8) is 0 Å². The fourth-order valence-electron chi connectivity index (χ4n) is 7.05. The highest BCUT2D eigenvalue weighted by Crippen LogP contribution is 2.63. The van der Waals surface area contributed by atoms with Gasteiger partial charge in [0, 0.05) is 11.5 Å². The standard InChI is InChI=1S/C28H30O3/c1-28-16-15-22-21-10-9-20(27(30)31)17-19(21)8-11-23(22)24(28)12-13-25(28)26(29)14-7-18-5-3-2-4-6-18/h2-6,9-10,17,22-26,29H,8,11-13,15-16H2,1H3,(H,30,31)/t22-,23-,24+,25-,26+,28+/m1/s1. The molecule has 3 aliphatic carbocycles. The average molecular weight is 415 g/mol. The van der Waals surface area contributed by atoms with Gasteiger partial charge < -0.3 is 10.2 Å². The predicted molar refractivity (Wildman–Crippen MR) is 121 cm³/mol. The third kappa shape index (κ3) is 3.48. The monoisotopic (exact) mass is 414 g/mol. The lowest BCUT2D eigenvalue weighted by Crippen LogP contribution is -2.44. The second-order valence-corrected chi connectivity index (χ2v) is 9.94. The summed E-state index contributed by atoms with van der Waals surface area (Å²) in [5, 5.41) is 20.4. The van der Waals surface area contributed by atoms with Crippen LogP contribution in [-0.4, -0.2) is 22.3 Å². The Morgan fingerprint density at radius 2 is 1.90 bits per heavy atom. The molecule has 2 aromatic rings. The quantitative estimate of drug-likeness (QED) is 0.658. The number of fused-ring (bicyclic) bond motifs is 5. The molecule has 0 aliphatic heterocycles. The Balaban J connectivity index is 1.37. The topological polar surface area (TPSA) is 57.5 Å². The maximum absolute atomic E-state index is 11.4. The minimum absolute atomic E-state index is 0.129. The number of carbonyl (C=O) groups is 1. The highest BCUT2D eigenvalue weighted by Gasteiger charge is 2.56. The van der Waals surface area contributed by atoms with E-state index in [1.54, 1.807) is 6.07 Å². The molecule has 160 valence electrons. The number of rotatable bonds is 2. The van der Waals surface area contributed by atoms with Crippen LogP contribution in [0.3, 0.4) is 0 Å². The minimum atomic E-state index is -0.842. The molecular weight excluding hydrogens is 384 g/mol. The maximum Gasteiger partial charge on any atom is 0.335 e. The Hall–Kier alpha value is -2.57. The summed E-state index contributed by atoms with van der Waals surface area (Å²) in [6, 6.07) is 15.6. The molecule has 3 aliphatic rings. The fourth-order valence-corrected chi connectivity index (χ4v) is 7.05. The molecule has 2 aromatic carbocycles. The molecule has 0 heterocycles. The molecule has 0 bridgehead atoms. The van der Waals surface area contributed by atoms with Crippen molar-refractivity contribution in [2.45, 2.75) is 57.5 Å². The third-order valence-electron chi connectivity index (χ3n) is 8.57. The van der Waals surface area contributed by atoms with Gasteiger partial charge in [0.2, 0.25) is 0 Å². The smallest absolute Gasteiger partial charge is 0.335 e. The van der Waals surface area contributed by atoms with Crippen molar-refractivity contribution in [1.82, 2.24) is 0 Å². The van der Waals surface area contributed by atoms with Gasteiger partial charge in [-0.3, -0.25) is 0 Å². The van der Waals surface area contributed by atoms with E-state index in [2.05, 4.69) is 24.8 Å². The van der Waals surface area contributed by atoms with Crippen molar-refractivity contribution in [3.05, 3.63) is 70.8 Å². The van der Waals surface area contributed by atoms with Crippen molar-refractivity contribution in [1.29, 1.82) is 0 Å². The van der Waals surface area contributed by atoms with Gasteiger partial charge in [0.1, 0.15) is 6.10 Å². The van der Waals surface area contributed by atoms with Gasteiger partial charge in [0.15, 0.2) is 0 Å². The SMILES string of the molecule is C[C@]12CC[C@@H]3c4ccc(C(=O)O)cc4CC[C@H]3[C@@H]1CC[C@@H]2[C@@H](O)C#Cc1ccccc1. The summed E-state index contributed by atoms with van der Waals surface area (Å²) in [6.45, 7) is 2.39. The first kappa shape index (κ1) is 20.3. The van der Waals surface area contributed by atoms with Gasteiger partial charge in [0.25, 0.3) is 0 Å². The van der Waals surface area contributed by atoms with Crippen LogP contribution < -0.4 is 0 Å². The first-order valence-electron chi connectivity index (χ1n) is 11.6. The molecule has 0 saturated heterocycles. The van der Waals surface area contributed by atoms with Crippen molar-refractivity contribution in [3.8, 4) is 11.8 Å². The summed E-state index contributed by atoms with van der Waals surface area (Å²) in [5.41, 5.74) is 4.09. The van der Waals surface area contributed by atoms with E-state index in [0.717, 1.165) is 44.1 Å². The Labute approximate surface area is 184 Å².